The summed E-state index contributed by atoms with van der Waals surface area (Å²) < 4.78 is 5.10. The molecular weight excluding hydrogens is 249 g/mol. The molecule has 0 N–H and O–H groups in total. The Morgan fingerprint density at radius 3 is 2.85 bits per heavy atom. The van der Waals surface area contributed by atoms with E-state index in [0.29, 0.717) is 12.2 Å². The van der Waals surface area contributed by atoms with E-state index in [0.717, 1.165) is 17.6 Å². The van der Waals surface area contributed by atoms with Crippen LogP contribution in [0.2, 0.25) is 0 Å². The van der Waals surface area contributed by atoms with Crippen LogP contribution in [0, 0.1) is 0 Å². The molecule has 0 bridgehead atoms. The Labute approximate surface area is 119 Å². The van der Waals surface area contributed by atoms with Crippen molar-refractivity contribution < 1.29 is 9.53 Å². The Morgan fingerprint density at radius 1 is 1.25 bits per heavy atom. The maximum Gasteiger partial charge on any atom is 0.340 e. The largest absolute Gasteiger partial charge is 0.461 e. The van der Waals surface area contributed by atoms with E-state index in [1.54, 1.807) is 0 Å². The van der Waals surface area contributed by atoms with Gasteiger partial charge in [-0.1, -0.05) is 42.8 Å². The Kier molecular flexibility index (Phi) is 3.55. The summed E-state index contributed by atoms with van der Waals surface area (Å²) in [7, 11) is 2.09. The molecule has 0 saturated heterocycles. The molecule has 3 rings (SSSR count). The van der Waals surface area contributed by atoms with Gasteiger partial charge in [-0.2, -0.15) is 0 Å². The predicted octanol–water partition coefficient (Wildman–Crippen LogP) is 1.89. The highest BCUT2D eigenvalue weighted by Gasteiger charge is 2.25. The molecule has 0 spiro atoms. The van der Waals surface area contributed by atoms with E-state index in [4.69, 9.17) is 4.74 Å². The van der Waals surface area contributed by atoms with Crippen LogP contribution in [0.1, 0.15) is 34.5 Å². The van der Waals surface area contributed by atoms with Gasteiger partial charge in [0.15, 0.2) is 7.28 Å². The highest BCUT2D eigenvalue weighted by molar-refractivity contribution is 6.51. The number of pyridine rings is 1. The minimum atomic E-state index is -0.264. The molecule has 2 heterocycles. The van der Waals surface area contributed by atoms with Crippen LogP contribution in [-0.2, 0) is 11.1 Å². The molecule has 1 unspecified atom stereocenters. The average Bonchev–Trinajstić information content (AvgIpc) is 2.50. The minimum absolute atomic E-state index is 0.160. The Bertz CT molecular complexity index is 628. The zero-order chi connectivity index (χ0) is 13.9. The van der Waals surface area contributed by atoms with Crippen molar-refractivity contribution in [3.8, 4) is 0 Å². The van der Waals surface area contributed by atoms with Crippen molar-refractivity contribution in [1.82, 2.24) is 4.98 Å². The second-order valence-electron chi connectivity index (χ2n) is 5.06. The number of fused-ring (bicyclic) bond motifs is 1. The average molecular weight is 264 g/mol. The van der Waals surface area contributed by atoms with Crippen LogP contribution < -0.4 is 5.59 Å². The SMILES string of the molecule is CC1COC(=O)c2ccc([B]Cc3ccccc3)nc21. The lowest BCUT2D eigenvalue weighted by atomic mass is 9.68. The second-order valence-corrected chi connectivity index (χ2v) is 5.06. The molecule has 3 nitrogen and oxygen atoms in total. The highest BCUT2D eigenvalue weighted by Crippen LogP contribution is 2.22. The number of ether oxygens (including phenoxy) is 1. The molecule has 99 valence electrons. The van der Waals surface area contributed by atoms with Gasteiger partial charge in [0.1, 0.15) is 0 Å². The summed E-state index contributed by atoms with van der Waals surface area (Å²) in [6, 6.07) is 13.9. The molecule has 0 amide bonds. The molecule has 1 aliphatic rings. The number of aromatic nitrogens is 1. The summed E-state index contributed by atoms with van der Waals surface area (Å²) in [5.74, 6) is -0.104. The third-order valence-electron chi connectivity index (χ3n) is 3.49. The van der Waals surface area contributed by atoms with Crippen LogP contribution in [0.15, 0.2) is 42.5 Å². The number of cyclic esters (lactones) is 1. The minimum Gasteiger partial charge on any atom is -0.461 e. The molecule has 1 radical (unpaired) electrons. The first kappa shape index (κ1) is 12.9. The van der Waals surface area contributed by atoms with Gasteiger partial charge in [0, 0.05) is 5.92 Å². The third kappa shape index (κ3) is 2.59. The Balaban J connectivity index is 1.78. The summed E-state index contributed by atoms with van der Waals surface area (Å²) in [4.78, 5) is 16.3. The summed E-state index contributed by atoms with van der Waals surface area (Å²) in [5.41, 5.74) is 3.61. The second kappa shape index (κ2) is 5.49. The van der Waals surface area contributed by atoms with Gasteiger partial charge in [-0.15, -0.1) is 0 Å². The van der Waals surface area contributed by atoms with E-state index in [9.17, 15) is 4.79 Å². The number of carbonyl (C=O) groups is 1. The van der Waals surface area contributed by atoms with Crippen LogP contribution in [0.25, 0.3) is 0 Å². The fraction of sp³-hybridized carbons (Fsp3) is 0.250. The molecular formula is C16H15BNO2. The van der Waals surface area contributed by atoms with Gasteiger partial charge in [0.25, 0.3) is 0 Å². The lowest BCUT2D eigenvalue weighted by Crippen LogP contribution is -2.28. The first-order valence-electron chi connectivity index (χ1n) is 6.79. The quantitative estimate of drug-likeness (QED) is 0.627. The van der Waals surface area contributed by atoms with Crippen LogP contribution in [0.3, 0.4) is 0 Å². The van der Waals surface area contributed by atoms with Crippen molar-refractivity contribution in [3.05, 3.63) is 59.3 Å². The van der Waals surface area contributed by atoms with Crippen molar-refractivity contribution in [1.29, 1.82) is 0 Å². The van der Waals surface area contributed by atoms with E-state index in [2.05, 4.69) is 24.4 Å². The zero-order valence-corrected chi connectivity index (χ0v) is 11.4. The number of nitrogens with zero attached hydrogens (tertiary/aromatic N) is 1. The predicted molar refractivity (Wildman–Crippen MR) is 78.5 cm³/mol. The lowest BCUT2D eigenvalue weighted by molar-refractivity contribution is 0.0445. The van der Waals surface area contributed by atoms with Crippen molar-refractivity contribution in [2.45, 2.75) is 19.2 Å². The molecule has 0 saturated carbocycles. The van der Waals surface area contributed by atoms with E-state index in [1.165, 1.54) is 5.56 Å². The van der Waals surface area contributed by atoms with Gasteiger partial charge >= 0.3 is 5.97 Å². The van der Waals surface area contributed by atoms with Crippen LogP contribution in [0.5, 0.6) is 0 Å². The molecule has 1 atom stereocenters. The van der Waals surface area contributed by atoms with Crippen molar-refractivity contribution in [2.75, 3.05) is 6.61 Å². The van der Waals surface area contributed by atoms with E-state index >= 15 is 0 Å². The summed E-state index contributed by atoms with van der Waals surface area (Å²) in [5, 5.41) is 0. The molecule has 1 aliphatic heterocycles. The van der Waals surface area contributed by atoms with E-state index in [-0.39, 0.29) is 11.9 Å². The summed E-state index contributed by atoms with van der Waals surface area (Å²) in [6.07, 6.45) is 0.839. The van der Waals surface area contributed by atoms with Crippen LogP contribution >= 0.6 is 0 Å². The number of benzene rings is 1. The highest BCUT2D eigenvalue weighted by atomic mass is 16.5. The van der Waals surface area contributed by atoms with Crippen LogP contribution in [-0.4, -0.2) is 24.8 Å². The van der Waals surface area contributed by atoms with E-state index in [1.807, 2.05) is 37.3 Å². The molecule has 0 fully saturated rings. The molecule has 1 aromatic heterocycles. The first-order valence-corrected chi connectivity index (χ1v) is 6.79. The smallest absolute Gasteiger partial charge is 0.340 e. The standard InChI is InChI=1S/C16H15BNO2/c1-11-10-20-16(19)13-7-8-14(18-15(11)13)17-9-12-5-3-2-4-6-12/h2-8,11H,9-10H2,1H3. The van der Waals surface area contributed by atoms with Crippen LogP contribution in [0.4, 0.5) is 0 Å². The Morgan fingerprint density at radius 2 is 2.05 bits per heavy atom. The van der Waals surface area contributed by atoms with Gasteiger partial charge in [0.05, 0.1) is 17.9 Å². The zero-order valence-electron chi connectivity index (χ0n) is 11.4. The number of hydrogen-bond acceptors (Lipinski definition) is 3. The maximum absolute atomic E-state index is 11.6. The van der Waals surface area contributed by atoms with Gasteiger partial charge in [-0.05, 0) is 24.0 Å². The van der Waals surface area contributed by atoms with Crippen molar-refractivity contribution >= 4 is 18.8 Å². The van der Waals surface area contributed by atoms with Crippen molar-refractivity contribution in [3.63, 3.8) is 0 Å². The van der Waals surface area contributed by atoms with Gasteiger partial charge in [-0.25, -0.2) is 4.79 Å². The normalized spacial score (nSPS) is 17.2. The van der Waals surface area contributed by atoms with Gasteiger partial charge < -0.3 is 4.74 Å². The fourth-order valence-corrected chi connectivity index (χ4v) is 2.35. The molecule has 2 aromatic rings. The summed E-state index contributed by atoms with van der Waals surface area (Å²) in [6.45, 7) is 2.44. The number of carbonyl (C=O) groups excluding carboxylic acids is 1. The third-order valence-corrected chi connectivity index (χ3v) is 3.49. The topological polar surface area (TPSA) is 39.2 Å². The Hall–Kier alpha value is -2.10. The van der Waals surface area contributed by atoms with Crippen molar-refractivity contribution in [2.24, 2.45) is 0 Å². The maximum atomic E-state index is 11.6. The van der Waals surface area contributed by atoms with E-state index < -0.39 is 0 Å². The van der Waals surface area contributed by atoms with Gasteiger partial charge in [0.2, 0.25) is 0 Å². The number of esters is 1. The number of rotatable bonds is 3. The van der Waals surface area contributed by atoms with Gasteiger partial charge in [-0.3, -0.25) is 4.98 Å². The number of hydrogen-bond donors (Lipinski definition) is 0. The first-order chi connectivity index (χ1) is 9.74. The monoisotopic (exact) mass is 264 g/mol. The lowest BCUT2D eigenvalue weighted by Gasteiger charge is -2.21. The molecule has 20 heavy (non-hydrogen) atoms. The molecule has 0 aliphatic carbocycles. The fourth-order valence-electron chi connectivity index (χ4n) is 2.35. The molecule has 1 aromatic carbocycles. The summed E-state index contributed by atoms with van der Waals surface area (Å²) >= 11 is 0. The molecule has 4 heteroatoms.